The summed E-state index contributed by atoms with van der Waals surface area (Å²) in [5, 5.41) is 11.7. The number of carbonyl (C=O) groups is 1. The third kappa shape index (κ3) is 4.15. The summed E-state index contributed by atoms with van der Waals surface area (Å²) in [7, 11) is 0. The summed E-state index contributed by atoms with van der Waals surface area (Å²) in [5.74, 6) is -0.819. The van der Waals surface area contributed by atoms with Gasteiger partial charge in [0.1, 0.15) is 10.9 Å². The zero-order chi connectivity index (χ0) is 18.5. The molecule has 0 aliphatic rings. The van der Waals surface area contributed by atoms with Crippen LogP contribution in [0.1, 0.15) is 15.9 Å². The van der Waals surface area contributed by atoms with Gasteiger partial charge in [0.2, 0.25) is 0 Å². The van der Waals surface area contributed by atoms with E-state index in [9.17, 15) is 9.18 Å². The average Bonchev–Trinajstić information content (AvgIpc) is 2.66. The lowest BCUT2D eigenvalue weighted by molar-refractivity contribution is 0.102. The van der Waals surface area contributed by atoms with Gasteiger partial charge in [0.15, 0.2) is 11.6 Å². The number of hydrogen-bond donors (Lipinski definition) is 1. The molecule has 0 saturated carbocycles. The smallest absolute Gasteiger partial charge is 0.255 e. The number of halogens is 2. The molecule has 5 nitrogen and oxygen atoms in total. The Hall–Kier alpha value is -3.43. The molecule has 0 atom stereocenters. The summed E-state index contributed by atoms with van der Waals surface area (Å²) < 4.78 is 19.7. The van der Waals surface area contributed by atoms with E-state index in [0.29, 0.717) is 22.2 Å². The summed E-state index contributed by atoms with van der Waals surface area (Å²) in [6.07, 6.45) is 1.40. The lowest BCUT2D eigenvalue weighted by Gasteiger charge is -2.09. The van der Waals surface area contributed by atoms with E-state index in [-0.39, 0.29) is 11.3 Å². The third-order valence-corrected chi connectivity index (χ3v) is 3.61. The molecule has 3 aromatic rings. The van der Waals surface area contributed by atoms with Gasteiger partial charge in [0, 0.05) is 5.56 Å². The Morgan fingerprint density at radius 1 is 1.15 bits per heavy atom. The third-order valence-electron chi connectivity index (χ3n) is 3.39. The van der Waals surface area contributed by atoms with Crippen molar-refractivity contribution >= 4 is 23.2 Å². The van der Waals surface area contributed by atoms with Gasteiger partial charge in [-0.2, -0.15) is 5.26 Å². The zero-order valence-corrected chi connectivity index (χ0v) is 14.0. The van der Waals surface area contributed by atoms with Crippen molar-refractivity contribution in [3.05, 3.63) is 82.9 Å². The number of nitrogens with one attached hydrogen (secondary N) is 1. The van der Waals surface area contributed by atoms with Gasteiger partial charge in [-0.25, -0.2) is 9.37 Å². The van der Waals surface area contributed by atoms with Crippen LogP contribution < -0.4 is 10.1 Å². The molecule has 7 heteroatoms. The van der Waals surface area contributed by atoms with E-state index in [1.54, 1.807) is 30.3 Å². The van der Waals surface area contributed by atoms with Crippen LogP contribution in [-0.4, -0.2) is 10.9 Å². The molecule has 0 fully saturated rings. The van der Waals surface area contributed by atoms with E-state index in [2.05, 4.69) is 10.3 Å². The number of anilines is 1. The van der Waals surface area contributed by atoms with Gasteiger partial charge >= 0.3 is 0 Å². The van der Waals surface area contributed by atoms with Gasteiger partial charge in [-0.15, -0.1) is 0 Å². The number of nitriles is 1. The highest BCUT2D eigenvalue weighted by molar-refractivity contribution is 6.29. The lowest BCUT2D eigenvalue weighted by Crippen LogP contribution is -2.12. The molecule has 128 valence electrons. The van der Waals surface area contributed by atoms with Gasteiger partial charge in [-0.3, -0.25) is 4.79 Å². The summed E-state index contributed by atoms with van der Waals surface area (Å²) in [6, 6.07) is 15.3. The SMILES string of the molecule is N#Cc1ccc(Oc2ccc(C(=O)Nc3ccc(Cl)nc3)cc2F)cc1. The van der Waals surface area contributed by atoms with Crippen LogP contribution in [0.15, 0.2) is 60.8 Å². The van der Waals surface area contributed by atoms with Crippen LogP contribution in [-0.2, 0) is 0 Å². The Morgan fingerprint density at radius 3 is 2.54 bits per heavy atom. The van der Waals surface area contributed by atoms with Crippen LogP contribution in [0.3, 0.4) is 0 Å². The number of amides is 1. The van der Waals surface area contributed by atoms with Crippen molar-refractivity contribution in [1.82, 2.24) is 4.98 Å². The Balaban J connectivity index is 1.72. The number of pyridine rings is 1. The lowest BCUT2D eigenvalue weighted by atomic mass is 10.2. The number of benzene rings is 2. The fourth-order valence-electron chi connectivity index (χ4n) is 2.10. The van der Waals surface area contributed by atoms with Crippen LogP contribution >= 0.6 is 11.6 Å². The van der Waals surface area contributed by atoms with E-state index >= 15 is 0 Å². The molecule has 0 spiro atoms. The van der Waals surface area contributed by atoms with Crippen molar-refractivity contribution in [2.24, 2.45) is 0 Å². The molecular weight excluding hydrogens is 357 g/mol. The van der Waals surface area contributed by atoms with Crippen molar-refractivity contribution in [2.75, 3.05) is 5.32 Å². The largest absolute Gasteiger partial charge is 0.454 e. The summed E-state index contributed by atoms with van der Waals surface area (Å²) >= 11 is 5.68. The summed E-state index contributed by atoms with van der Waals surface area (Å²) in [6.45, 7) is 0. The first-order valence-electron chi connectivity index (χ1n) is 7.45. The number of ether oxygens (including phenoxy) is 1. The van der Waals surface area contributed by atoms with Gasteiger partial charge in [0.25, 0.3) is 5.91 Å². The van der Waals surface area contributed by atoms with E-state index in [4.69, 9.17) is 21.6 Å². The standard InChI is InChI=1S/C19H11ClFN3O2/c20-18-8-4-14(11-23-18)24-19(25)13-3-7-17(16(21)9-13)26-15-5-1-12(10-22)2-6-15/h1-9,11H,(H,24,25). The minimum atomic E-state index is -0.684. The quantitative estimate of drug-likeness (QED) is 0.673. The molecule has 0 aliphatic carbocycles. The van der Waals surface area contributed by atoms with E-state index < -0.39 is 11.7 Å². The molecule has 0 saturated heterocycles. The first-order chi connectivity index (χ1) is 12.5. The topological polar surface area (TPSA) is 75.0 Å². The molecular formula is C19H11ClFN3O2. The first-order valence-corrected chi connectivity index (χ1v) is 7.83. The van der Waals surface area contributed by atoms with Gasteiger partial charge in [0.05, 0.1) is 23.5 Å². The maximum atomic E-state index is 14.2. The molecule has 0 aliphatic heterocycles. The molecule has 2 aromatic carbocycles. The second kappa shape index (κ2) is 7.64. The molecule has 0 bridgehead atoms. The molecule has 1 N–H and O–H groups in total. The molecule has 0 radical (unpaired) electrons. The number of aromatic nitrogens is 1. The number of nitrogens with zero attached hydrogens (tertiary/aromatic N) is 2. The molecule has 1 heterocycles. The van der Waals surface area contributed by atoms with Crippen LogP contribution in [0.25, 0.3) is 0 Å². The van der Waals surface area contributed by atoms with Crippen molar-refractivity contribution in [1.29, 1.82) is 5.26 Å². The van der Waals surface area contributed by atoms with E-state index in [1.807, 2.05) is 6.07 Å². The second-order valence-corrected chi connectivity index (χ2v) is 5.59. The maximum Gasteiger partial charge on any atom is 0.255 e. The number of carbonyl (C=O) groups excluding carboxylic acids is 1. The van der Waals surface area contributed by atoms with Crippen molar-refractivity contribution < 1.29 is 13.9 Å². The summed E-state index contributed by atoms with van der Waals surface area (Å²) in [5.41, 5.74) is 1.05. The van der Waals surface area contributed by atoms with E-state index in [0.717, 1.165) is 6.07 Å². The minimum absolute atomic E-state index is 0.0283. The summed E-state index contributed by atoms with van der Waals surface area (Å²) in [4.78, 5) is 16.0. The van der Waals surface area contributed by atoms with Crippen LogP contribution in [0, 0.1) is 17.1 Å². The minimum Gasteiger partial charge on any atom is -0.454 e. The van der Waals surface area contributed by atoms with Crippen LogP contribution in [0.5, 0.6) is 11.5 Å². The molecule has 0 unspecified atom stereocenters. The fourth-order valence-corrected chi connectivity index (χ4v) is 2.21. The predicted molar refractivity (Wildman–Crippen MR) is 94.8 cm³/mol. The second-order valence-electron chi connectivity index (χ2n) is 5.21. The van der Waals surface area contributed by atoms with Crippen molar-refractivity contribution in [3.8, 4) is 17.6 Å². The Labute approximate surface area is 153 Å². The molecule has 1 aromatic heterocycles. The predicted octanol–water partition coefficient (Wildman–Crippen LogP) is 4.79. The van der Waals surface area contributed by atoms with Gasteiger partial charge in [-0.05, 0) is 54.6 Å². The van der Waals surface area contributed by atoms with Crippen LogP contribution in [0.4, 0.5) is 10.1 Å². The van der Waals surface area contributed by atoms with Gasteiger partial charge < -0.3 is 10.1 Å². The molecule has 1 amide bonds. The Morgan fingerprint density at radius 2 is 1.92 bits per heavy atom. The first kappa shape index (κ1) is 17.4. The highest BCUT2D eigenvalue weighted by atomic mass is 35.5. The Kier molecular flexibility index (Phi) is 5.11. The maximum absolute atomic E-state index is 14.2. The normalized spacial score (nSPS) is 10.0. The number of hydrogen-bond acceptors (Lipinski definition) is 4. The fraction of sp³-hybridized carbons (Fsp3) is 0. The van der Waals surface area contributed by atoms with Crippen LogP contribution in [0.2, 0.25) is 5.15 Å². The zero-order valence-electron chi connectivity index (χ0n) is 13.2. The molecule has 3 rings (SSSR count). The molecule has 26 heavy (non-hydrogen) atoms. The van der Waals surface area contributed by atoms with E-state index in [1.165, 1.54) is 24.4 Å². The Bertz CT molecular complexity index is 983. The highest BCUT2D eigenvalue weighted by Crippen LogP contribution is 2.25. The van der Waals surface area contributed by atoms with Crippen molar-refractivity contribution in [3.63, 3.8) is 0 Å². The van der Waals surface area contributed by atoms with Crippen molar-refractivity contribution in [2.45, 2.75) is 0 Å². The van der Waals surface area contributed by atoms with Gasteiger partial charge in [-0.1, -0.05) is 11.6 Å². The highest BCUT2D eigenvalue weighted by Gasteiger charge is 2.12. The average molecular weight is 368 g/mol. The number of rotatable bonds is 4. The monoisotopic (exact) mass is 367 g/mol.